The highest BCUT2D eigenvalue weighted by Gasteiger charge is 2.35. The zero-order valence-electron chi connectivity index (χ0n) is 12.6. The highest BCUT2D eigenvalue weighted by Crippen LogP contribution is 2.34. The molecule has 2 aromatic rings. The van der Waals surface area contributed by atoms with Gasteiger partial charge in [-0.05, 0) is 24.3 Å². The van der Waals surface area contributed by atoms with Gasteiger partial charge in [0.05, 0.1) is 22.6 Å². The average Bonchev–Trinajstić information content (AvgIpc) is 3.23. The van der Waals surface area contributed by atoms with Gasteiger partial charge in [0, 0.05) is 13.5 Å². The minimum Gasteiger partial charge on any atom is -0.496 e. The third kappa shape index (κ3) is 3.45. The Bertz CT molecular complexity index is 771. The number of hydrogen-bond donors (Lipinski definition) is 1. The maximum atomic E-state index is 12.8. The topological polar surface area (TPSA) is 56.2 Å². The van der Waals surface area contributed by atoms with E-state index in [4.69, 9.17) is 4.74 Å². The molecule has 24 heavy (non-hydrogen) atoms. The van der Waals surface area contributed by atoms with E-state index in [-0.39, 0.29) is 17.7 Å². The first-order chi connectivity index (χ1) is 11.3. The summed E-state index contributed by atoms with van der Waals surface area (Å²) in [6.45, 7) is 0.376. The van der Waals surface area contributed by atoms with Gasteiger partial charge in [0.1, 0.15) is 17.5 Å². The van der Waals surface area contributed by atoms with Gasteiger partial charge in [-0.1, -0.05) is 0 Å². The summed E-state index contributed by atoms with van der Waals surface area (Å²) in [6, 6.07) is 4.15. The molecule has 9 heteroatoms. The number of carbonyl (C=O) groups is 1. The molecule has 1 unspecified atom stereocenters. The molecule has 0 saturated carbocycles. The van der Waals surface area contributed by atoms with Crippen molar-refractivity contribution in [1.82, 2.24) is 15.1 Å². The zero-order chi connectivity index (χ0) is 17.3. The van der Waals surface area contributed by atoms with Crippen LogP contribution in [-0.2, 0) is 18.0 Å². The van der Waals surface area contributed by atoms with Crippen molar-refractivity contribution in [1.29, 1.82) is 0 Å². The predicted molar refractivity (Wildman–Crippen MR) is 82.5 cm³/mol. The summed E-state index contributed by atoms with van der Waals surface area (Å²) in [5, 5.41) is 6.62. The molecule has 128 valence electrons. The SMILES string of the molecule is Cn1nc(-c2ccc(C(=O)NCC3CC=CO3)s2)cc1C(F)(F)F. The largest absolute Gasteiger partial charge is 0.496 e. The summed E-state index contributed by atoms with van der Waals surface area (Å²) < 4.78 is 44.5. The van der Waals surface area contributed by atoms with E-state index in [0.717, 1.165) is 28.5 Å². The van der Waals surface area contributed by atoms with Gasteiger partial charge in [-0.2, -0.15) is 18.3 Å². The average molecular weight is 357 g/mol. The van der Waals surface area contributed by atoms with Gasteiger partial charge in [-0.3, -0.25) is 9.48 Å². The normalized spacial score (nSPS) is 17.1. The van der Waals surface area contributed by atoms with Crippen molar-refractivity contribution < 1.29 is 22.7 Å². The summed E-state index contributed by atoms with van der Waals surface area (Å²) in [5.74, 6) is -0.284. The second-order valence-corrected chi connectivity index (χ2v) is 6.36. The number of halogens is 3. The number of rotatable bonds is 4. The van der Waals surface area contributed by atoms with Crippen LogP contribution in [0.25, 0.3) is 10.6 Å². The van der Waals surface area contributed by atoms with Crippen molar-refractivity contribution >= 4 is 17.2 Å². The molecule has 3 heterocycles. The van der Waals surface area contributed by atoms with Gasteiger partial charge in [0.25, 0.3) is 5.91 Å². The van der Waals surface area contributed by atoms with Crippen molar-refractivity contribution in [2.45, 2.75) is 18.7 Å². The van der Waals surface area contributed by atoms with Gasteiger partial charge < -0.3 is 10.1 Å². The quantitative estimate of drug-likeness (QED) is 0.914. The molecule has 3 rings (SSSR count). The maximum Gasteiger partial charge on any atom is 0.433 e. The molecule has 0 aromatic carbocycles. The highest BCUT2D eigenvalue weighted by molar-refractivity contribution is 7.17. The Morgan fingerprint density at radius 1 is 1.50 bits per heavy atom. The minimum absolute atomic E-state index is 0.0708. The molecule has 0 spiro atoms. The van der Waals surface area contributed by atoms with Crippen LogP contribution in [0.5, 0.6) is 0 Å². The minimum atomic E-state index is -4.47. The lowest BCUT2D eigenvalue weighted by Gasteiger charge is -2.10. The molecule has 0 radical (unpaired) electrons. The van der Waals surface area contributed by atoms with E-state index in [9.17, 15) is 18.0 Å². The molecule has 2 aromatic heterocycles. The number of nitrogens with one attached hydrogen (secondary N) is 1. The standard InChI is InChI=1S/C15H14F3N3O2S/c1-21-13(15(16,17)18)7-10(20-21)11-4-5-12(24-11)14(22)19-8-9-3-2-6-23-9/h2,4-7,9H,3,8H2,1H3,(H,19,22). The first kappa shape index (κ1) is 16.6. The lowest BCUT2D eigenvalue weighted by atomic mass is 10.2. The van der Waals surface area contributed by atoms with Gasteiger partial charge in [0.2, 0.25) is 0 Å². The molecule has 5 nitrogen and oxygen atoms in total. The third-order valence-electron chi connectivity index (χ3n) is 3.51. The van der Waals surface area contributed by atoms with Gasteiger partial charge in [0.15, 0.2) is 0 Å². The van der Waals surface area contributed by atoms with Crippen molar-refractivity contribution in [3.63, 3.8) is 0 Å². The van der Waals surface area contributed by atoms with E-state index in [1.165, 1.54) is 7.05 Å². The summed E-state index contributed by atoms with van der Waals surface area (Å²) in [7, 11) is 1.24. The fourth-order valence-electron chi connectivity index (χ4n) is 2.31. The van der Waals surface area contributed by atoms with Crippen LogP contribution in [-0.4, -0.2) is 28.3 Å². The van der Waals surface area contributed by atoms with Crippen LogP contribution in [0.4, 0.5) is 13.2 Å². The molecule has 1 aliphatic rings. The number of nitrogens with zero attached hydrogens (tertiary/aromatic N) is 2. The van der Waals surface area contributed by atoms with Crippen molar-refractivity contribution in [2.75, 3.05) is 6.54 Å². The predicted octanol–water partition coefficient (Wildman–Crippen LogP) is 3.20. The van der Waals surface area contributed by atoms with Crippen LogP contribution in [0.2, 0.25) is 0 Å². The summed E-state index contributed by atoms with van der Waals surface area (Å²) in [5.41, 5.74) is -0.639. The lowest BCUT2D eigenvalue weighted by Crippen LogP contribution is -2.31. The van der Waals surface area contributed by atoms with Crippen molar-refractivity contribution in [3.05, 3.63) is 41.1 Å². The maximum absolute atomic E-state index is 12.8. The van der Waals surface area contributed by atoms with Crippen LogP contribution in [0.15, 0.2) is 30.5 Å². The van der Waals surface area contributed by atoms with Crippen LogP contribution in [0.1, 0.15) is 21.8 Å². The van der Waals surface area contributed by atoms with E-state index in [2.05, 4.69) is 10.4 Å². The Kier molecular flexibility index (Phi) is 4.35. The molecule has 0 saturated heterocycles. The Hall–Kier alpha value is -2.29. The van der Waals surface area contributed by atoms with Crippen molar-refractivity contribution in [3.8, 4) is 10.6 Å². The number of thiophene rings is 1. The molecule has 1 aliphatic heterocycles. The molecular formula is C15H14F3N3O2S. The zero-order valence-corrected chi connectivity index (χ0v) is 13.4. The highest BCUT2D eigenvalue weighted by atomic mass is 32.1. The molecule has 0 aliphatic carbocycles. The molecular weight excluding hydrogens is 343 g/mol. The van der Waals surface area contributed by atoms with Crippen molar-refractivity contribution in [2.24, 2.45) is 7.05 Å². The fraction of sp³-hybridized carbons (Fsp3) is 0.333. The van der Waals surface area contributed by atoms with E-state index in [1.807, 2.05) is 6.08 Å². The Labute approximate surface area is 139 Å². The monoisotopic (exact) mass is 357 g/mol. The summed E-state index contributed by atoms with van der Waals surface area (Å²) in [4.78, 5) is 13.0. The first-order valence-electron chi connectivity index (χ1n) is 7.14. The summed E-state index contributed by atoms with van der Waals surface area (Å²) in [6.07, 6.45) is -0.325. The Balaban J connectivity index is 1.70. The first-order valence-corrected chi connectivity index (χ1v) is 7.96. The van der Waals surface area contributed by atoms with Gasteiger partial charge in [-0.25, -0.2) is 0 Å². The van der Waals surface area contributed by atoms with E-state index in [1.54, 1.807) is 18.4 Å². The van der Waals surface area contributed by atoms with E-state index in [0.29, 0.717) is 16.3 Å². The second kappa shape index (κ2) is 6.31. The van der Waals surface area contributed by atoms with Gasteiger partial charge >= 0.3 is 6.18 Å². The number of aryl methyl sites for hydroxylation is 1. The van der Waals surface area contributed by atoms with Crippen LogP contribution in [0.3, 0.4) is 0 Å². The number of alkyl halides is 3. The van der Waals surface area contributed by atoms with Crippen LogP contribution >= 0.6 is 11.3 Å². The van der Waals surface area contributed by atoms with Crippen LogP contribution < -0.4 is 5.32 Å². The molecule has 1 amide bonds. The second-order valence-electron chi connectivity index (χ2n) is 5.28. The Morgan fingerprint density at radius 3 is 2.92 bits per heavy atom. The number of hydrogen-bond acceptors (Lipinski definition) is 4. The Morgan fingerprint density at radius 2 is 2.29 bits per heavy atom. The van der Waals surface area contributed by atoms with E-state index < -0.39 is 11.9 Å². The van der Waals surface area contributed by atoms with E-state index >= 15 is 0 Å². The molecule has 1 atom stereocenters. The number of aromatic nitrogens is 2. The summed E-state index contributed by atoms with van der Waals surface area (Å²) >= 11 is 1.10. The van der Waals surface area contributed by atoms with Crippen LogP contribution in [0, 0.1) is 0 Å². The lowest BCUT2D eigenvalue weighted by molar-refractivity contribution is -0.143. The molecule has 1 N–H and O–H groups in total. The molecule has 0 bridgehead atoms. The molecule has 0 fully saturated rings. The number of amides is 1. The smallest absolute Gasteiger partial charge is 0.433 e. The third-order valence-corrected chi connectivity index (χ3v) is 4.62. The fourth-order valence-corrected chi connectivity index (χ4v) is 3.18. The number of carbonyl (C=O) groups excluding carboxylic acids is 1. The van der Waals surface area contributed by atoms with Gasteiger partial charge in [-0.15, -0.1) is 11.3 Å². The number of ether oxygens (including phenoxy) is 1.